The normalized spacial score (nSPS) is 11.4. The molecule has 2 aromatic carbocycles. The number of halogens is 1. The van der Waals surface area contributed by atoms with Crippen molar-refractivity contribution in [3.05, 3.63) is 64.0 Å². The Kier molecular flexibility index (Phi) is 7.27. The molecule has 144 valence electrons. The van der Waals surface area contributed by atoms with Gasteiger partial charge in [0.1, 0.15) is 0 Å². The van der Waals surface area contributed by atoms with Crippen molar-refractivity contribution in [3.8, 4) is 0 Å². The third kappa shape index (κ3) is 6.30. The third-order valence-electron chi connectivity index (χ3n) is 3.46. The van der Waals surface area contributed by atoms with Gasteiger partial charge in [-0.15, -0.1) is 0 Å². The van der Waals surface area contributed by atoms with Crippen LogP contribution in [0.1, 0.15) is 29.8 Å². The lowest BCUT2D eigenvalue weighted by Crippen LogP contribution is -2.13. The fraction of sp³-hybridized carbons (Fsp3) is 0.211. The zero-order valence-corrected chi connectivity index (χ0v) is 16.6. The van der Waals surface area contributed by atoms with Gasteiger partial charge in [-0.25, -0.2) is 13.2 Å². The lowest BCUT2D eigenvalue weighted by Gasteiger charge is -2.13. The van der Waals surface area contributed by atoms with Crippen molar-refractivity contribution in [2.75, 3.05) is 23.2 Å². The summed E-state index contributed by atoms with van der Waals surface area (Å²) < 4.78 is 32.3. The number of esters is 1. The van der Waals surface area contributed by atoms with Crippen LogP contribution in [0, 0.1) is 0 Å². The highest BCUT2D eigenvalue weighted by Crippen LogP contribution is 2.25. The zero-order chi connectivity index (χ0) is 19.9. The van der Waals surface area contributed by atoms with E-state index >= 15 is 0 Å². The summed E-state index contributed by atoms with van der Waals surface area (Å²) in [6.07, 6.45) is 1.46. The molecule has 2 N–H and O–H groups in total. The maximum absolute atomic E-state index is 12.4. The minimum atomic E-state index is -3.79. The second kappa shape index (κ2) is 9.43. The van der Waals surface area contributed by atoms with Gasteiger partial charge in [-0.2, -0.15) is 0 Å². The number of benzene rings is 2. The van der Waals surface area contributed by atoms with Gasteiger partial charge >= 0.3 is 5.97 Å². The van der Waals surface area contributed by atoms with E-state index in [9.17, 15) is 13.2 Å². The van der Waals surface area contributed by atoms with Gasteiger partial charge < -0.3 is 10.1 Å². The number of hydrogen-bond donors (Lipinski definition) is 2. The molecule has 8 heteroatoms. The van der Waals surface area contributed by atoms with E-state index in [4.69, 9.17) is 16.3 Å². The van der Waals surface area contributed by atoms with Crippen molar-refractivity contribution in [2.45, 2.75) is 13.8 Å². The van der Waals surface area contributed by atoms with Crippen molar-refractivity contribution < 1.29 is 17.9 Å². The van der Waals surface area contributed by atoms with Gasteiger partial charge in [0.15, 0.2) is 0 Å². The van der Waals surface area contributed by atoms with Crippen LogP contribution < -0.4 is 10.0 Å². The number of anilines is 2. The van der Waals surface area contributed by atoms with Gasteiger partial charge in [0.05, 0.1) is 29.0 Å². The van der Waals surface area contributed by atoms with Gasteiger partial charge in [-0.05, 0) is 55.8 Å². The standard InChI is InChI=1S/C19H21ClN2O4S/c1-3-21-17-10-7-15(19(23)26-4-2)13-18(17)22-27(24,25)12-11-14-5-8-16(20)9-6-14/h5-13,21-22H,3-4H2,1-2H3/b12-11+. The van der Waals surface area contributed by atoms with Crippen LogP contribution >= 0.6 is 11.6 Å². The lowest BCUT2D eigenvalue weighted by atomic mass is 10.1. The Hall–Kier alpha value is -2.51. The van der Waals surface area contributed by atoms with Crippen LogP contribution in [0.25, 0.3) is 6.08 Å². The number of nitrogens with one attached hydrogen (secondary N) is 2. The van der Waals surface area contributed by atoms with Gasteiger partial charge in [0.2, 0.25) is 0 Å². The molecule has 0 atom stereocenters. The summed E-state index contributed by atoms with van der Waals surface area (Å²) in [5, 5.41) is 4.69. The van der Waals surface area contributed by atoms with Gasteiger partial charge in [0, 0.05) is 11.6 Å². The number of carbonyl (C=O) groups excluding carboxylic acids is 1. The maximum Gasteiger partial charge on any atom is 0.338 e. The average Bonchev–Trinajstić information content (AvgIpc) is 2.63. The Balaban J connectivity index is 2.27. The van der Waals surface area contributed by atoms with E-state index < -0.39 is 16.0 Å². The Labute approximate surface area is 164 Å². The first kappa shape index (κ1) is 20.8. The van der Waals surface area contributed by atoms with Crippen molar-refractivity contribution in [2.24, 2.45) is 0 Å². The number of rotatable bonds is 8. The van der Waals surface area contributed by atoms with E-state index in [1.807, 2.05) is 6.92 Å². The molecular weight excluding hydrogens is 388 g/mol. The molecular formula is C19H21ClN2O4S. The summed E-state index contributed by atoms with van der Waals surface area (Å²) in [7, 11) is -3.79. The van der Waals surface area contributed by atoms with E-state index in [0.717, 1.165) is 5.41 Å². The van der Waals surface area contributed by atoms with Crippen LogP contribution in [-0.4, -0.2) is 27.5 Å². The summed E-state index contributed by atoms with van der Waals surface area (Å²) in [4.78, 5) is 11.9. The molecule has 0 amide bonds. The molecule has 27 heavy (non-hydrogen) atoms. The van der Waals surface area contributed by atoms with Gasteiger partial charge in [-0.3, -0.25) is 4.72 Å². The summed E-state index contributed by atoms with van der Waals surface area (Å²) in [5.74, 6) is -0.516. The molecule has 0 radical (unpaired) electrons. The van der Waals surface area contributed by atoms with Crippen molar-refractivity contribution in [1.29, 1.82) is 0 Å². The topological polar surface area (TPSA) is 84.5 Å². The molecule has 2 aromatic rings. The van der Waals surface area contributed by atoms with Crippen molar-refractivity contribution in [1.82, 2.24) is 0 Å². The fourth-order valence-corrected chi connectivity index (χ4v) is 3.25. The summed E-state index contributed by atoms with van der Waals surface area (Å²) in [6.45, 7) is 4.42. The predicted octanol–water partition coefficient (Wildman–Crippen LogP) is 4.36. The SMILES string of the molecule is CCNc1ccc(C(=O)OCC)cc1NS(=O)(=O)/C=C/c1ccc(Cl)cc1. The number of ether oxygens (including phenoxy) is 1. The highest BCUT2D eigenvalue weighted by atomic mass is 35.5. The predicted molar refractivity (Wildman–Crippen MR) is 110 cm³/mol. The lowest BCUT2D eigenvalue weighted by molar-refractivity contribution is 0.0526. The quantitative estimate of drug-likeness (QED) is 0.634. The molecule has 0 saturated carbocycles. The average molecular weight is 409 g/mol. The molecule has 0 heterocycles. The molecule has 6 nitrogen and oxygen atoms in total. The van der Waals surface area contributed by atoms with Crippen LogP contribution in [0.5, 0.6) is 0 Å². The molecule has 0 saturated heterocycles. The molecule has 0 aromatic heterocycles. The second-order valence-corrected chi connectivity index (χ2v) is 7.52. The summed E-state index contributed by atoms with van der Waals surface area (Å²) in [5.41, 5.74) is 1.78. The minimum Gasteiger partial charge on any atom is -0.462 e. The van der Waals surface area contributed by atoms with Gasteiger partial charge in [0.25, 0.3) is 10.0 Å². The highest BCUT2D eigenvalue weighted by molar-refractivity contribution is 7.95. The van der Waals surface area contributed by atoms with E-state index in [2.05, 4.69) is 10.0 Å². The first-order valence-electron chi connectivity index (χ1n) is 8.36. The monoisotopic (exact) mass is 408 g/mol. The molecule has 2 rings (SSSR count). The van der Waals surface area contributed by atoms with Crippen LogP contribution in [0.15, 0.2) is 47.9 Å². The number of hydrogen-bond acceptors (Lipinski definition) is 5. The Morgan fingerprint density at radius 3 is 2.44 bits per heavy atom. The smallest absolute Gasteiger partial charge is 0.338 e. The summed E-state index contributed by atoms with van der Waals surface area (Å²) >= 11 is 5.82. The first-order chi connectivity index (χ1) is 12.8. The molecule has 0 spiro atoms. The molecule has 0 aliphatic heterocycles. The van der Waals surface area contributed by atoms with Crippen LogP contribution in [0.3, 0.4) is 0 Å². The maximum atomic E-state index is 12.4. The van der Waals surface area contributed by atoms with Crippen LogP contribution in [-0.2, 0) is 14.8 Å². The highest BCUT2D eigenvalue weighted by Gasteiger charge is 2.14. The first-order valence-corrected chi connectivity index (χ1v) is 10.3. The molecule has 0 aliphatic rings. The van der Waals surface area contributed by atoms with Gasteiger partial charge in [-0.1, -0.05) is 23.7 Å². The number of sulfonamides is 1. The van der Waals surface area contributed by atoms with Crippen LogP contribution in [0.2, 0.25) is 5.02 Å². The number of carbonyl (C=O) groups is 1. The summed E-state index contributed by atoms with van der Waals surface area (Å²) in [6, 6.07) is 11.4. The Bertz CT molecular complexity index is 925. The molecule has 0 unspecified atom stereocenters. The largest absolute Gasteiger partial charge is 0.462 e. The van der Waals surface area contributed by atoms with Crippen molar-refractivity contribution in [3.63, 3.8) is 0 Å². The Morgan fingerprint density at radius 2 is 1.81 bits per heavy atom. The zero-order valence-electron chi connectivity index (χ0n) is 15.0. The Morgan fingerprint density at radius 1 is 1.11 bits per heavy atom. The molecule has 0 bridgehead atoms. The van der Waals surface area contributed by atoms with E-state index in [-0.39, 0.29) is 17.9 Å². The van der Waals surface area contributed by atoms with Crippen molar-refractivity contribution >= 4 is 45.0 Å². The van der Waals surface area contributed by atoms with E-state index in [1.54, 1.807) is 43.3 Å². The van der Waals surface area contributed by atoms with E-state index in [0.29, 0.717) is 22.8 Å². The van der Waals surface area contributed by atoms with E-state index in [1.165, 1.54) is 12.1 Å². The van der Waals surface area contributed by atoms with Crippen LogP contribution in [0.4, 0.5) is 11.4 Å². The molecule has 0 fully saturated rings. The molecule has 0 aliphatic carbocycles. The second-order valence-electron chi connectivity index (χ2n) is 5.51. The minimum absolute atomic E-state index is 0.235. The fourth-order valence-electron chi connectivity index (χ4n) is 2.24. The third-order valence-corrected chi connectivity index (χ3v) is 4.71.